The lowest BCUT2D eigenvalue weighted by Gasteiger charge is -2.11. The van der Waals surface area contributed by atoms with Crippen LogP contribution >= 0.6 is 0 Å². The largest absolute Gasteiger partial charge is 0.494 e. The maximum absolute atomic E-state index is 14.2. The average molecular weight is 554 g/mol. The lowest BCUT2D eigenvalue weighted by molar-refractivity contribution is -0.384. The highest BCUT2D eigenvalue weighted by atomic mass is 19.1. The van der Waals surface area contributed by atoms with Crippen molar-refractivity contribution in [3.05, 3.63) is 112 Å². The van der Waals surface area contributed by atoms with Crippen LogP contribution in [0.3, 0.4) is 0 Å². The van der Waals surface area contributed by atoms with Crippen molar-refractivity contribution in [2.75, 3.05) is 6.61 Å². The number of carbonyl (C=O) groups is 1. The average Bonchev–Trinajstić information content (AvgIpc) is 2.98. The van der Waals surface area contributed by atoms with Crippen LogP contribution < -0.4 is 9.47 Å². The van der Waals surface area contributed by atoms with Gasteiger partial charge in [0.15, 0.2) is 5.82 Å². The number of aliphatic carboxylic acids is 1. The van der Waals surface area contributed by atoms with Gasteiger partial charge < -0.3 is 14.6 Å². The lowest BCUT2D eigenvalue weighted by Crippen LogP contribution is -2.02. The first-order chi connectivity index (χ1) is 19.9. The highest BCUT2D eigenvalue weighted by Crippen LogP contribution is 2.30. The summed E-state index contributed by atoms with van der Waals surface area (Å²) in [5.41, 5.74) is 1.87. The summed E-state index contributed by atoms with van der Waals surface area (Å²) in [6.07, 6.45) is 0.449. The van der Waals surface area contributed by atoms with Gasteiger partial charge in [-0.15, -0.1) is 0 Å². The van der Waals surface area contributed by atoms with Crippen molar-refractivity contribution in [2.45, 2.75) is 19.4 Å². The number of hydrogen-bond acceptors (Lipinski definition) is 7. The van der Waals surface area contributed by atoms with Gasteiger partial charge in [0.25, 0.3) is 5.69 Å². The Morgan fingerprint density at radius 2 is 1.68 bits per heavy atom. The highest BCUT2D eigenvalue weighted by molar-refractivity contribution is 5.87. The third-order valence-corrected chi connectivity index (χ3v) is 6.26. The summed E-state index contributed by atoms with van der Waals surface area (Å²) >= 11 is 0. The molecule has 0 aliphatic heterocycles. The number of ether oxygens (including phenoxy) is 2. The van der Waals surface area contributed by atoms with E-state index in [2.05, 4.69) is 9.97 Å². The molecular formula is C31H24FN3O6. The molecule has 9 nitrogen and oxygen atoms in total. The number of fused-ring (bicyclic) bond motifs is 1. The lowest BCUT2D eigenvalue weighted by atomic mass is 10.1. The van der Waals surface area contributed by atoms with Gasteiger partial charge in [-0.25, -0.2) is 9.37 Å². The van der Waals surface area contributed by atoms with Crippen LogP contribution in [0.25, 0.3) is 33.4 Å². The fourth-order valence-electron chi connectivity index (χ4n) is 4.19. The van der Waals surface area contributed by atoms with E-state index in [1.165, 1.54) is 18.2 Å². The molecule has 0 radical (unpaired) electrons. The molecule has 4 aromatic carbocycles. The van der Waals surface area contributed by atoms with Gasteiger partial charge in [-0.2, -0.15) is 4.98 Å². The normalized spacial score (nSPS) is 10.9. The van der Waals surface area contributed by atoms with Gasteiger partial charge in [-0.3, -0.25) is 14.9 Å². The number of nitro benzene ring substituents is 1. The van der Waals surface area contributed by atoms with Gasteiger partial charge in [-0.1, -0.05) is 48.5 Å². The van der Waals surface area contributed by atoms with E-state index in [-0.39, 0.29) is 24.6 Å². The quantitative estimate of drug-likeness (QED) is 0.107. The summed E-state index contributed by atoms with van der Waals surface area (Å²) in [6, 6.07) is 25.1. The number of carboxylic acid groups (broad SMARTS) is 1. The van der Waals surface area contributed by atoms with Crippen molar-refractivity contribution in [3.8, 4) is 34.3 Å². The second-order valence-electron chi connectivity index (χ2n) is 9.17. The molecule has 0 fully saturated rings. The van der Waals surface area contributed by atoms with Crippen molar-refractivity contribution in [2.24, 2.45) is 0 Å². The molecule has 0 spiro atoms. The number of non-ortho nitro benzene ring substituents is 1. The van der Waals surface area contributed by atoms with Gasteiger partial charge in [0, 0.05) is 41.3 Å². The zero-order chi connectivity index (χ0) is 28.8. The Kier molecular flexibility index (Phi) is 8.10. The number of hydrogen-bond donors (Lipinski definition) is 1. The number of nitro groups is 1. The Bertz CT molecular complexity index is 1740. The first-order valence-electron chi connectivity index (χ1n) is 12.7. The fraction of sp³-hybridized carbons (Fsp3) is 0.129. The molecule has 1 heterocycles. The summed E-state index contributed by atoms with van der Waals surface area (Å²) < 4.78 is 25.7. The summed E-state index contributed by atoms with van der Waals surface area (Å²) in [7, 11) is 0. The van der Waals surface area contributed by atoms with Gasteiger partial charge in [0.2, 0.25) is 5.88 Å². The van der Waals surface area contributed by atoms with Crippen LogP contribution in [0.1, 0.15) is 18.4 Å². The van der Waals surface area contributed by atoms with Crippen LogP contribution in [0.4, 0.5) is 10.1 Å². The number of benzene rings is 4. The summed E-state index contributed by atoms with van der Waals surface area (Å²) in [5, 5.41) is 21.9. The third kappa shape index (κ3) is 6.80. The SMILES string of the molecule is O=C(O)CCCOc1ccc2cc(-c3nc(OCc4ccccc4F)cc(-c4cccc([N+](=O)[O-])c4)n3)ccc2c1. The molecule has 0 amide bonds. The monoisotopic (exact) mass is 553 g/mol. The molecule has 206 valence electrons. The molecule has 0 aliphatic carbocycles. The first-order valence-corrected chi connectivity index (χ1v) is 12.7. The topological polar surface area (TPSA) is 125 Å². The molecular weight excluding hydrogens is 529 g/mol. The number of rotatable bonds is 11. The van der Waals surface area contributed by atoms with Crippen molar-refractivity contribution >= 4 is 22.4 Å². The highest BCUT2D eigenvalue weighted by Gasteiger charge is 2.14. The second-order valence-corrected chi connectivity index (χ2v) is 9.17. The number of carboxylic acids is 1. The molecule has 0 saturated carbocycles. The molecule has 0 saturated heterocycles. The minimum atomic E-state index is -0.864. The van der Waals surface area contributed by atoms with Crippen LogP contribution in [-0.4, -0.2) is 32.6 Å². The Morgan fingerprint density at radius 3 is 2.49 bits per heavy atom. The van der Waals surface area contributed by atoms with Crippen LogP contribution in [0, 0.1) is 15.9 Å². The summed E-state index contributed by atoms with van der Waals surface area (Å²) in [4.78, 5) is 30.8. The summed E-state index contributed by atoms with van der Waals surface area (Å²) in [5.74, 6) is -0.126. The molecule has 0 unspecified atom stereocenters. The Morgan fingerprint density at radius 1 is 0.878 bits per heavy atom. The zero-order valence-corrected chi connectivity index (χ0v) is 21.7. The van der Waals surface area contributed by atoms with Crippen LogP contribution in [-0.2, 0) is 11.4 Å². The fourth-order valence-corrected chi connectivity index (χ4v) is 4.19. The van der Waals surface area contributed by atoms with E-state index >= 15 is 0 Å². The molecule has 0 bridgehead atoms. The van der Waals surface area contributed by atoms with Gasteiger partial charge in [-0.05, 0) is 41.5 Å². The van der Waals surface area contributed by atoms with Gasteiger partial charge in [0.05, 0.1) is 17.2 Å². The molecule has 10 heteroatoms. The van der Waals surface area contributed by atoms with E-state index in [1.54, 1.807) is 42.5 Å². The molecule has 5 aromatic rings. The third-order valence-electron chi connectivity index (χ3n) is 6.26. The molecule has 0 atom stereocenters. The number of aromatic nitrogens is 2. The van der Waals surface area contributed by atoms with Crippen molar-refractivity contribution in [3.63, 3.8) is 0 Å². The van der Waals surface area contributed by atoms with E-state index < -0.39 is 16.7 Å². The summed E-state index contributed by atoms with van der Waals surface area (Å²) in [6.45, 7) is 0.230. The molecule has 1 aromatic heterocycles. The Balaban J connectivity index is 1.47. The number of nitrogens with zero attached hydrogens (tertiary/aromatic N) is 3. The van der Waals surface area contributed by atoms with E-state index in [0.29, 0.717) is 47.0 Å². The Hall–Kier alpha value is -5.38. The van der Waals surface area contributed by atoms with E-state index in [0.717, 1.165) is 10.8 Å². The van der Waals surface area contributed by atoms with E-state index in [1.807, 2.05) is 30.3 Å². The van der Waals surface area contributed by atoms with Crippen molar-refractivity contribution < 1.29 is 28.7 Å². The molecule has 41 heavy (non-hydrogen) atoms. The molecule has 5 rings (SSSR count). The van der Waals surface area contributed by atoms with Crippen molar-refractivity contribution in [1.82, 2.24) is 9.97 Å². The standard InChI is InChI=1S/C31H24FN3O6/c32-27-8-2-1-5-24(27)19-41-29-18-28(22-6-3-7-25(16-22)35(38)39)33-31(34-29)23-11-10-21-17-26(13-12-20(21)15-23)40-14-4-9-30(36)37/h1-3,5-8,10-13,15-18H,4,9,14,19H2,(H,36,37). The van der Waals surface area contributed by atoms with Crippen LogP contribution in [0.2, 0.25) is 0 Å². The maximum Gasteiger partial charge on any atom is 0.303 e. The first kappa shape index (κ1) is 27.2. The predicted molar refractivity (Wildman–Crippen MR) is 150 cm³/mol. The predicted octanol–water partition coefficient (Wildman–Crippen LogP) is 6.83. The minimum Gasteiger partial charge on any atom is -0.494 e. The Labute approximate surface area is 234 Å². The van der Waals surface area contributed by atoms with Gasteiger partial charge >= 0.3 is 5.97 Å². The molecule has 0 aliphatic rings. The van der Waals surface area contributed by atoms with E-state index in [4.69, 9.17) is 14.6 Å². The smallest absolute Gasteiger partial charge is 0.303 e. The number of halogens is 1. The van der Waals surface area contributed by atoms with Crippen molar-refractivity contribution in [1.29, 1.82) is 0 Å². The van der Waals surface area contributed by atoms with Gasteiger partial charge in [0.1, 0.15) is 18.2 Å². The maximum atomic E-state index is 14.2. The second kappa shape index (κ2) is 12.2. The minimum absolute atomic E-state index is 0.0400. The zero-order valence-electron chi connectivity index (χ0n) is 21.7. The molecule has 1 N–H and O–H groups in total. The van der Waals surface area contributed by atoms with Crippen LogP contribution in [0.15, 0.2) is 91.0 Å². The van der Waals surface area contributed by atoms with E-state index in [9.17, 15) is 19.3 Å². The van der Waals surface area contributed by atoms with Crippen LogP contribution in [0.5, 0.6) is 11.6 Å².